The van der Waals surface area contributed by atoms with Gasteiger partial charge in [0.05, 0.1) is 22.9 Å². The fraction of sp³-hybridized carbons (Fsp3) is 0.238. The molecule has 0 unspecified atom stereocenters. The van der Waals surface area contributed by atoms with E-state index in [-0.39, 0.29) is 23.7 Å². The van der Waals surface area contributed by atoms with Gasteiger partial charge in [-0.3, -0.25) is 19.0 Å². The summed E-state index contributed by atoms with van der Waals surface area (Å²) in [6, 6.07) is 12.4. The topological polar surface area (TPSA) is 81.1 Å². The molecule has 0 spiro atoms. The second-order valence-corrected chi connectivity index (χ2v) is 6.47. The predicted molar refractivity (Wildman–Crippen MR) is 105 cm³/mol. The second kappa shape index (κ2) is 7.95. The average Bonchev–Trinajstić information content (AvgIpc) is 2.64. The molecule has 0 aliphatic carbocycles. The van der Waals surface area contributed by atoms with Gasteiger partial charge in [-0.15, -0.1) is 0 Å². The van der Waals surface area contributed by atoms with E-state index in [0.717, 1.165) is 5.56 Å². The number of fused-ring (bicyclic) bond motifs is 1. The number of benzene rings is 2. The molecule has 0 saturated carbocycles. The van der Waals surface area contributed by atoms with Crippen LogP contribution in [0.2, 0.25) is 0 Å². The van der Waals surface area contributed by atoms with Crippen LogP contribution in [0.25, 0.3) is 10.9 Å². The monoisotopic (exact) mass is 363 g/mol. The maximum Gasteiger partial charge on any atom is 0.261 e. The van der Waals surface area contributed by atoms with Crippen LogP contribution in [0.3, 0.4) is 0 Å². The van der Waals surface area contributed by atoms with Gasteiger partial charge in [0, 0.05) is 18.5 Å². The van der Waals surface area contributed by atoms with E-state index in [1.807, 2.05) is 19.1 Å². The number of Topliss-reactive ketones (excluding diaryl/α,β-unsaturated/α-hetero) is 1. The zero-order chi connectivity index (χ0) is 19.4. The van der Waals surface area contributed by atoms with Gasteiger partial charge in [-0.25, -0.2) is 4.98 Å². The number of rotatable bonds is 6. The van der Waals surface area contributed by atoms with E-state index < -0.39 is 0 Å². The smallest absolute Gasteiger partial charge is 0.261 e. The number of nitrogens with zero attached hydrogens (tertiary/aromatic N) is 2. The molecule has 1 amide bonds. The van der Waals surface area contributed by atoms with Crippen LogP contribution >= 0.6 is 0 Å². The van der Waals surface area contributed by atoms with Gasteiger partial charge in [-0.2, -0.15) is 0 Å². The van der Waals surface area contributed by atoms with Gasteiger partial charge >= 0.3 is 0 Å². The predicted octanol–water partition coefficient (Wildman–Crippen LogP) is 3.33. The Morgan fingerprint density at radius 3 is 2.67 bits per heavy atom. The zero-order valence-corrected chi connectivity index (χ0v) is 15.4. The van der Waals surface area contributed by atoms with Crippen LogP contribution in [0.5, 0.6) is 0 Å². The Labute approximate surface area is 156 Å². The molecule has 0 aliphatic heterocycles. The summed E-state index contributed by atoms with van der Waals surface area (Å²) in [6.45, 7) is 3.78. The van der Waals surface area contributed by atoms with Crippen molar-refractivity contribution in [1.29, 1.82) is 0 Å². The summed E-state index contributed by atoms with van der Waals surface area (Å²) in [5.41, 5.74) is 2.55. The Kier molecular flexibility index (Phi) is 5.45. The first kappa shape index (κ1) is 18.5. The molecule has 1 N–H and O–H groups in total. The summed E-state index contributed by atoms with van der Waals surface area (Å²) in [6.07, 6.45) is 2.26. The molecule has 27 heavy (non-hydrogen) atoms. The van der Waals surface area contributed by atoms with Crippen molar-refractivity contribution < 1.29 is 9.59 Å². The highest BCUT2D eigenvalue weighted by Crippen LogP contribution is 2.16. The van der Waals surface area contributed by atoms with Gasteiger partial charge in [0.2, 0.25) is 5.91 Å². The normalized spacial score (nSPS) is 10.7. The van der Waals surface area contributed by atoms with Crippen LogP contribution in [0.4, 0.5) is 5.69 Å². The second-order valence-electron chi connectivity index (χ2n) is 6.47. The molecule has 2 aromatic carbocycles. The molecular weight excluding hydrogens is 342 g/mol. The molecule has 0 fully saturated rings. The molecule has 6 nitrogen and oxygen atoms in total. The van der Waals surface area contributed by atoms with Crippen molar-refractivity contribution in [2.45, 2.75) is 33.2 Å². The summed E-state index contributed by atoms with van der Waals surface area (Å²) in [5, 5.41) is 3.35. The van der Waals surface area contributed by atoms with Gasteiger partial charge in [0.25, 0.3) is 5.56 Å². The van der Waals surface area contributed by atoms with Crippen LogP contribution in [-0.4, -0.2) is 21.2 Å². The third-order valence-corrected chi connectivity index (χ3v) is 4.44. The summed E-state index contributed by atoms with van der Waals surface area (Å²) in [5.74, 6) is -0.295. The number of ketones is 1. The molecule has 0 bridgehead atoms. The Balaban J connectivity index is 1.64. The Hall–Kier alpha value is -3.28. The summed E-state index contributed by atoms with van der Waals surface area (Å²) in [7, 11) is 0. The van der Waals surface area contributed by atoms with E-state index in [0.29, 0.717) is 35.1 Å². The number of para-hydroxylation sites is 2. The van der Waals surface area contributed by atoms with Crippen molar-refractivity contribution in [2.24, 2.45) is 0 Å². The molecule has 1 heterocycles. The molecule has 0 atom stereocenters. The highest BCUT2D eigenvalue weighted by atomic mass is 16.2. The molecular formula is C21H21N3O3. The van der Waals surface area contributed by atoms with Crippen molar-refractivity contribution in [3.8, 4) is 0 Å². The highest BCUT2D eigenvalue weighted by Gasteiger charge is 2.10. The molecule has 1 aromatic heterocycles. The van der Waals surface area contributed by atoms with Crippen molar-refractivity contribution in [1.82, 2.24) is 9.55 Å². The third kappa shape index (κ3) is 4.11. The SMILES string of the molecule is CC(=O)c1ccccc1NC(=O)CCCn1cnc2c(C)cccc2c1=O. The molecule has 3 aromatic rings. The number of carbonyl (C=O) groups is 2. The first-order valence-corrected chi connectivity index (χ1v) is 8.82. The lowest BCUT2D eigenvalue weighted by Gasteiger charge is -2.10. The Morgan fingerprint density at radius 2 is 1.89 bits per heavy atom. The lowest BCUT2D eigenvalue weighted by atomic mass is 10.1. The number of anilines is 1. The van der Waals surface area contributed by atoms with Gasteiger partial charge in [-0.05, 0) is 44.0 Å². The highest BCUT2D eigenvalue weighted by molar-refractivity contribution is 6.03. The van der Waals surface area contributed by atoms with Crippen LogP contribution in [0, 0.1) is 6.92 Å². The number of carbonyl (C=O) groups excluding carboxylic acids is 2. The fourth-order valence-electron chi connectivity index (χ4n) is 3.02. The van der Waals surface area contributed by atoms with Crippen molar-refractivity contribution in [3.63, 3.8) is 0 Å². The van der Waals surface area contributed by atoms with Crippen molar-refractivity contribution in [3.05, 3.63) is 70.3 Å². The standard InChI is InChI=1S/C21H21N3O3/c1-14-7-5-9-17-20(14)22-13-24(21(17)27)12-6-11-19(26)23-18-10-4-3-8-16(18)15(2)25/h3-5,7-10,13H,6,11-12H2,1-2H3,(H,23,26). The zero-order valence-electron chi connectivity index (χ0n) is 15.4. The lowest BCUT2D eigenvalue weighted by molar-refractivity contribution is -0.116. The van der Waals surface area contributed by atoms with E-state index in [9.17, 15) is 14.4 Å². The summed E-state index contributed by atoms with van der Waals surface area (Å²) in [4.78, 5) is 40.7. The van der Waals surface area contributed by atoms with E-state index >= 15 is 0 Å². The minimum absolute atomic E-state index is 0.102. The number of nitrogens with one attached hydrogen (secondary N) is 1. The van der Waals surface area contributed by atoms with Gasteiger partial charge in [-0.1, -0.05) is 24.3 Å². The van der Waals surface area contributed by atoms with E-state index in [1.54, 1.807) is 30.3 Å². The maximum absolute atomic E-state index is 12.6. The molecule has 0 saturated heterocycles. The number of hydrogen-bond acceptors (Lipinski definition) is 4. The maximum atomic E-state index is 12.6. The first-order valence-electron chi connectivity index (χ1n) is 8.82. The van der Waals surface area contributed by atoms with E-state index in [2.05, 4.69) is 10.3 Å². The molecule has 0 aliphatic rings. The number of hydrogen-bond donors (Lipinski definition) is 1. The van der Waals surface area contributed by atoms with Crippen molar-refractivity contribution >= 4 is 28.3 Å². The van der Waals surface area contributed by atoms with Gasteiger partial charge in [0.1, 0.15) is 0 Å². The molecule has 3 rings (SSSR count). The van der Waals surface area contributed by atoms with E-state index in [1.165, 1.54) is 17.8 Å². The number of amides is 1. The van der Waals surface area contributed by atoms with Crippen LogP contribution < -0.4 is 10.9 Å². The molecule has 138 valence electrons. The van der Waals surface area contributed by atoms with E-state index in [4.69, 9.17) is 0 Å². The van der Waals surface area contributed by atoms with Crippen LogP contribution in [0.1, 0.15) is 35.7 Å². The first-order chi connectivity index (χ1) is 13.0. The third-order valence-electron chi connectivity index (χ3n) is 4.44. The minimum Gasteiger partial charge on any atom is -0.325 e. The molecule has 6 heteroatoms. The van der Waals surface area contributed by atoms with Gasteiger partial charge < -0.3 is 5.32 Å². The fourth-order valence-corrected chi connectivity index (χ4v) is 3.02. The summed E-state index contributed by atoms with van der Waals surface area (Å²) >= 11 is 0. The Morgan fingerprint density at radius 1 is 1.11 bits per heavy atom. The number of aromatic nitrogens is 2. The Bertz CT molecular complexity index is 1070. The van der Waals surface area contributed by atoms with Crippen molar-refractivity contribution in [2.75, 3.05) is 5.32 Å². The summed E-state index contributed by atoms with van der Waals surface area (Å²) < 4.78 is 1.53. The van der Waals surface area contributed by atoms with Crippen LogP contribution in [0.15, 0.2) is 53.6 Å². The quantitative estimate of drug-likeness (QED) is 0.681. The molecule has 0 radical (unpaired) electrons. The number of aryl methyl sites for hydroxylation is 2. The van der Waals surface area contributed by atoms with Crippen LogP contribution in [-0.2, 0) is 11.3 Å². The largest absolute Gasteiger partial charge is 0.325 e. The van der Waals surface area contributed by atoms with Gasteiger partial charge in [0.15, 0.2) is 5.78 Å². The average molecular weight is 363 g/mol. The minimum atomic E-state index is -0.193. The lowest BCUT2D eigenvalue weighted by Crippen LogP contribution is -2.22.